The Morgan fingerprint density at radius 3 is 2.90 bits per heavy atom. The molecule has 1 aromatic heterocycles. The molecule has 0 unspecified atom stereocenters. The molecule has 20 heavy (non-hydrogen) atoms. The summed E-state index contributed by atoms with van der Waals surface area (Å²) in [6.45, 7) is 0.466. The third-order valence-electron chi connectivity index (χ3n) is 3.34. The first-order valence-electron chi connectivity index (χ1n) is 6.31. The van der Waals surface area contributed by atoms with Crippen molar-refractivity contribution >= 4 is 5.82 Å². The van der Waals surface area contributed by atoms with E-state index in [2.05, 4.69) is 4.98 Å². The number of nitrogens with zero attached hydrogens (tertiary/aromatic N) is 3. The Balaban J connectivity index is 1.80. The second kappa shape index (κ2) is 4.93. The van der Waals surface area contributed by atoms with Crippen LogP contribution in [0.5, 0.6) is 6.01 Å². The largest absolute Gasteiger partial charge is 0.440 e. The topological polar surface area (TPSA) is 96.2 Å². The van der Waals surface area contributed by atoms with Crippen LogP contribution in [0.4, 0.5) is 5.82 Å². The summed E-state index contributed by atoms with van der Waals surface area (Å²) in [5, 5.41) is 10.7. The minimum absolute atomic E-state index is 0.215. The molecule has 0 amide bonds. The van der Waals surface area contributed by atoms with Crippen molar-refractivity contribution in [3.05, 3.63) is 52.2 Å². The van der Waals surface area contributed by atoms with E-state index < -0.39 is 4.92 Å². The highest BCUT2D eigenvalue weighted by Gasteiger charge is 2.33. The molecule has 0 bridgehead atoms. The molecule has 0 radical (unpaired) electrons. The first-order valence-corrected chi connectivity index (χ1v) is 6.31. The summed E-state index contributed by atoms with van der Waals surface area (Å²) in [5.41, 5.74) is 7.20. The Kier molecular flexibility index (Phi) is 3.11. The Morgan fingerprint density at radius 2 is 2.20 bits per heavy atom. The standard InChI is InChI=1S/C13H14N4O3/c14-10-7-16-8-12(17(18)19)15-13(16)20-11(10)6-9-4-2-1-3-5-9/h1-5,8,10-11H,6-7,14H2/t10-,11-/m0/s1. The number of fused-ring (bicyclic) bond motifs is 1. The van der Waals surface area contributed by atoms with Gasteiger partial charge in [-0.05, 0) is 10.5 Å². The summed E-state index contributed by atoms with van der Waals surface area (Å²) in [7, 11) is 0. The zero-order valence-corrected chi connectivity index (χ0v) is 10.7. The molecule has 0 saturated heterocycles. The number of ether oxygens (including phenoxy) is 1. The van der Waals surface area contributed by atoms with Crippen LogP contribution in [0.2, 0.25) is 0 Å². The molecule has 7 nitrogen and oxygen atoms in total. The smallest absolute Gasteiger partial charge is 0.414 e. The Bertz CT molecular complexity index is 626. The first-order chi connectivity index (χ1) is 9.63. The van der Waals surface area contributed by atoms with Gasteiger partial charge in [0.25, 0.3) is 0 Å². The number of nitro groups is 1. The van der Waals surface area contributed by atoms with E-state index >= 15 is 0 Å². The minimum atomic E-state index is -0.535. The molecule has 2 aromatic rings. The van der Waals surface area contributed by atoms with Gasteiger partial charge in [0.1, 0.15) is 12.3 Å². The van der Waals surface area contributed by atoms with E-state index in [0.717, 1.165) is 5.56 Å². The summed E-state index contributed by atoms with van der Waals surface area (Å²) in [6, 6.07) is 9.89. The van der Waals surface area contributed by atoms with Crippen LogP contribution in [0, 0.1) is 10.1 Å². The molecular weight excluding hydrogens is 260 g/mol. The van der Waals surface area contributed by atoms with Gasteiger partial charge in [-0.15, -0.1) is 0 Å². The fraction of sp³-hybridized carbons (Fsp3) is 0.308. The summed E-state index contributed by atoms with van der Waals surface area (Å²) < 4.78 is 7.29. The van der Waals surface area contributed by atoms with Crippen molar-refractivity contribution in [3.63, 3.8) is 0 Å². The third kappa shape index (κ3) is 2.35. The van der Waals surface area contributed by atoms with Crippen molar-refractivity contribution in [2.24, 2.45) is 5.73 Å². The molecule has 1 aliphatic heterocycles. The molecule has 0 aliphatic carbocycles. The summed E-state index contributed by atoms with van der Waals surface area (Å²) in [6.07, 6.45) is 1.78. The van der Waals surface area contributed by atoms with Crippen molar-refractivity contribution < 1.29 is 9.66 Å². The Morgan fingerprint density at radius 1 is 1.45 bits per heavy atom. The number of imidazole rings is 1. The molecule has 2 heterocycles. The van der Waals surface area contributed by atoms with Crippen LogP contribution >= 0.6 is 0 Å². The quantitative estimate of drug-likeness (QED) is 0.668. The van der Waals surface area contributed by atoms with Crippen molar-refractivity contribution in [3.8, 4) is 6.01 Å². The molecule has 2 atom stereocenters. The number of benzene rings is 1. The lowest BCUT2D eigenvalue weighted by Gasteiger charge is -2.28. The van der Waals surface area contributed by atoms with E-state index in [4.69, 9.17) is 10.5 Å². The normalized spacial score (nSPS) is 21.1. The van der Waals surface area contributed by atoms with Gasteiger partial charge in [-0.3, -0.25) is 4.57 Å². The monoisotopic (exact) mass is 274 g/mol. The average molecular weight is 274 g/mol. The summed E-state index contributed by atoms with van der Waals surface area (Å²) in [5.74, 6) is -0.215. The summed E-state index contributed by atoms with van der Waals surface area (Å²) >= 11 is 0. The fourth-order valence-corrected chi connectivity index (χ4v) is 2.31. The van der Waals surface area contributed by atoms with E-state index in [9.17, 15) is 10.1 Å². The highest BCUT2D eigenvalue weighted by molar-refractivity contribution is 5.23. The molecule has 104 valence electrons. The lowest BCUT2D eigenvalue weighted by atomic mass is 10.0. The van der Waals surface area contributed by atoms with E-state index in [-0.39, 0.29) is 24.0 Å². The zero-order chi connectivity index (χ0) is 14.1. The van der Waals surface area contributed by atoms with E-state index in [1.54, 1.807) is 4.57 Å². The van der Waals surface area contributed by atoms with Gasteiger partial charge in [0.15, 0.2) is 0 Å². The van der Waals surface area contributed by atoms with E-state index in [0.29, 0.717) is 13.0 Å². The second-order valence-corrected chi connectivity index (χ2v) is 4.80. The molecule has 7 heteroatoms. The van der Waals surface area contributed by atoms with Gasteiger partial charge in [0, 0.05) is 17.9 Å². The van der Waals surface area contributed by atoms with Gasteiger partial charge in [0.2, 0.25) is 0 Å². The van der Waals surface area contributed by atoms with Gasteiger partial charge in [-0.25, -0.2) is 0 Å². The predicted molar refractivity (Wildman–Crippen MR) is 71.4 cm³/mol. The lowest BCUT2D eigenvalue weighted by Crippen LogP contribution is -2.47. The Hall–Kier alpha value is -2.41. The number of hydrogen-bond donors (Lipinski definition) is 1. The van der Waals surface area contributed by atoms with Crippen molar-refractivity contribution in [2.75, 3.05) is 0 Å². The van der Waals surface area contributed by atoms with Crippen molar-refractivity contribution in [1.29, 1.82) is 0 Å². The lowest BCUT2D eigenvalue weighted by molar-refractivity contribution is -0.389. The number of aromatic nitrogens is 2. The molecule has 1 aromatic carbocycles. The van der Waals surface area contributed by atoms with Crippen LogP contribution in [0.15, 0.2) is 36.5 Å². The SMILES string of the molecule is N[C@H]1Cn2cc([N+](=O)[O-])nc2O[C@H]1Cc1ccccc1. The molecule has 3 rings (SSSR count). The summed E-state index contributed by atoms with van der Waals surface area (Å²) in [4.78, 5) is 14.0. The van der Waals surface area contributed by atoms with E-state index in [1.165, 1.54) is 6.20 Å². The predicted octanol–water partition coefficient (Wildman–Crippen LogP) is 1.12. The molecule has 1 aliphatic rings. The highest BCUT2D eigenvalue weighted by atomic mass is 16.6. The molecule has 0 saturated carbocycles. The van der Waals surface area contributed by atoms with Crippen LogP contribution in [-0.4, -0.2) is 26.6 Å². The fourth-order valence-electron chi connectivity index (χ4n) is 2.31. The van der Waals surface area contributed by atoms with Crippen LogP contribution in [-0.2, 0) is 13.0 Å². The van der Waals surface area contributed by atoms with Crippen LogP contribution < -0.4 is 10.5 Å². The van der Waals surface area contributed by atoms with Gasteiger partial charge >= 0.3 is 11.8 Å². The van der Waals surface area contributed by atoms with E-state index in [1.807, 2.05) is 30.3 Å². The number of nitrogens with two attached hydrogens (primary N) is 1. The van der Waals surface area contributed by atoms with Gasteiger partial charge in [0.05, 0.1) is 6.04 Å². The maximum atomic E-state index is 10.7. The number of hydrogen-bond acceptors (Lipinski definition) is 5. The van der Waals surface area contributed by atoms with Crippen molar-refractivity contribution in [1.82, 2.24) is 9.55 Å². The molecule has 2 N–H and O–H groups in total. The number of rotatable bonds is 3. The zero-order valence-electron chi connectivity index (χ0n) is 10.7. The van der Waals surface area contributed by atoms with Gasteiger partial charge in [-0.2, -0.15) is 0 Å². The maximum Gasteiger partial charge on any atom is 0.414 e. The minimum Gasteiger partial charge on any atom is -0.440 e. The maximum absolute atomic E-state index is 10.7. The first kappa shape index (κ1) is 12.6. The molecular formula is C13H14N4O3. The molecule has 0 fully saturated rings. The van der Waals surface area contributed by atoms with Crippen LogP contribution in [0.1, 0.15) is 5.56 Å². The molecule has 0 spiro atoms. The Labute approximate surface area is 115 Å². The van der Waals surface area contributed by atoms with Gasteiger partial charge in [-0.1, -0.05) is 30.3 Å². The van der Waals surface area contributed by atoms with Crippen LogP contribution in [0.3, 0.4) is 0 Å². The van der Waals surface area contributed by atoms with Crippen molar-refractivity contribution in [2.45, 2.75) is 25.1 Å². The second-order valence-electron chi connectivity index (χ2n) is 4.80. The highest BCUT2D eigenvalue weighted by Crippen LogP contribution is 2.25. The van der Waals surface area contributed by atoms with Crippen LogP contribution in [0.25, 0.3) is 0 Å². The average Bonchev–Trinajstić information content (AvgIpc) is 2.83. The third-order valence-corrected chi connectivity index (χ3v) is 3.34. The van der Waals surface area contributed by atoms with Gasteiger partial charge < -0.3 is 20.6 Å².